The Bertz CT molecular complexity index is 778. The lowest BCUT2D eigenvalue weighted by Gasteiger charge is -2.28. The molecule has 0 aliphatic rings. The zero-order chi connectivity index (χ0) is 21.8. The van der Waals surface area contributed by atoms with Gasteiger partial charge in [-0.15, -0.1) is 0 Å². The van der Waals surface area contributed by atoms with Gasteiger partial charge in [-0.1, -0.05) is 42.5 Å². The summed E-state index contributed by atoms with van der Waals surface area (Å²) < 4.78 is 17.5. The smallest absolute Gasteiger partial charge is 0.374 e. The molecule has 2 aromatic rings. The van der Waals surface area contributed by atoms with E-state index >= 15 is 0 Å². The number of benzene rings is 2. The number of ketones is 1. The molecule has 0 fully saturated rings. The van der Waals surface area contributed by atoms with Crippen LogP contribution in [0.2, 0.25) is 6.04 Å². The summed E-state index contributed by atoms with van der Waals surface area (Å²) in [6, 6.07) is 16.4. The van der Waals surface area contributed by atoms with Crippen molar-refractivity contribution < 1.29 is 22.9 Å². The Morgan fingerprint density at radius 1 is 0.767 bits per heavy atom. The van der Waals surface area contributed by atoms with Crippen LogP contribution in [0, 0.1) is 0 Å². The van der Waals surface area contributed by atoms with Gasteiger partial charge in [0.1, 0.15) is 0 Å². The zero-order valence-corrected chi connectivity index (χ0v) is 19.0. The van der Waals surface area contributed by atoms with Crippen molar-refractivity contribution in [3.63, 3.8) is 0 Å². The molecule has 2 aromatic carbocycles. The lowest BCUT2D eigenvalue weighted by atomic mass is 10.0. The maximum Gasteiger partial charge on any atom is 0.500 e. The number of hydrogen-bond acceptors (Lipinski definition) is 5. The van der Waals surface area contributed by atoms with E-state index < -0.39 is 8.80 Å². The van der Waals surface area contributed by atoms with E-state index in [9.17, 15) is 9.59 Å². The quantitative estimate of drug-likeness (QED) is 0.295. The largest absolute Gasteiger partial charge is 0.500 e. The molecule has 0 spiro atoms. The van der Waals surface area contributed by atoms with E-state index in [0.29, 0.717) is 55.5 Å². The van der Waals surface area contributed by atoms with Gasteiger partial charge < -0.3 is 18.6 Å². The number of rotatable bonds is 13. The van der Waals surface area contributed by atoms with Crippen molar-refractivity contribution in [2.24, 2.45) is 0 Å². The first-order chi connectivity index (χ1) is 14.5. The van der Waals surface area contributed by atoms with Gasteiger partial charge in [0.2, 0.25) is 0 Å². The lowest BCUT2D eigenvalue weighted by Crippen LogP contribution is -2.46. The minimum absolute atomic E-state index is 0.0633. The van der Waals surface area contributed by atoms with Crippen molar-refractivity contribution in [2.45, 2.75) is 33.2 Å². The molecule has 0 aliphatic heterocycles. The van der Waals surface area contributed by atoms with Crippen molar-refractivity contribution in [1.29, 1.82) is 0 Å². The Morgan fingerprint density at radius 3 is 1.80 bits per heavy atom. The van der Waals surface area contributed by atoms with Crippen molar-refractivity contribution in [2.75, 3.05) is 26.4 Å². The molecule has 7 heteroatoms. The molecule has 0 atom stereocenters. The van der Waals surface area contributed by atoms with Crippen LogP contribution in [0.1, 0.15) is 53.5 Å². The van der Waals surface area contributed by atoms with E-state index in [2.05, 4.69) is 5.32 Å². The summed E-state index contributed by atoms with van der Waals surface area (Å²) in [6.45, 7) is 7.87. The molecule has 0 unspecified atom stereocenters. The monoisotopic (exact) mass is 429 g/mol. The fourth-order valence-electron chi connectivity index (χ4n) is 3.14. The van der Waals surface area contributed by atoms with E-state index in [-0.39, 0.29) is 11.7 Å². The summed E-state index contributed by atoms with van der Waals surface area (Å²) >= 11 is 0. The number of hydrogen-bond donors (Lipinski definition) is 1. The first-order valence-corrected chi connectivity index (χ1v) is 12.4. The molecule has 0 saturated heterocycles. The van der Waals surface area contributed by atoms with E-state index in [0.717, 1.165) is 0 Å². The molecule has 30 heavy (non-hydrogen) atoms. The predicted molar refractivity (Wildman–Crippen MR) is 119 cm³/mol. The third-order valence-electron chi connectivity index (χ3n) is 4.48. The lowest BCUT2D eigenvalue weighted by molar-refractivity contribution is 0.0704. The van der Waals surface area contributed by atoms with Gasteiger partial charge in [0.15, 0.2) is 5.78 Å². The van der Waals surface area contributed by atoms with E-state index in [1.807, 2.05) is 39.0 Å². The Morgan fingerprint density at radius 2 is 1.27 bits per heavy atom. The third-order valence-corrected chi connectivity index (χ3v) is 7.63. The number of amides is 1. The fraction of sp³-hybridized carbons (Fsp3) is 0.391. The summed E-state index contributed by atoms with van der Waals surface area (Å²) in [5.41, 5.74) is 1.70. The number of carbonyl (C=O) groups is 2. The molecule has 0 saturated carbocycles. The van der Waals surface area contributed by atoms with Crippen LogP contribution < -0.4 is 5.32 Å². The van der Waals surface area contributed by atoms with Gasteiger partial charge in [0, 0.05) is 49.1 Å². The first-order valence-electron chi connectivity index (χ1n) is 10.4. The second-order valence-corrected chi connectivity index (χ2v) is 9.35. The van der Waals surface area contributed by atoms with Gasteiger partial charge in [-0.3, -0.25) is 9.59 Å². The van der Waals surface area contributed by atoms with Gasteiger partial charge in [0.05, 0.1) is 0 Å². The van der Waals surface area contributed by atoms with Gasteiger partial charge in [-0.25, -0.2) is 0 Å². The molecule has 1 amide bonds. The van der Waals surface area contributed by atoms with Gasteiger partial charge >= 0.3 is 8.80 Å². The summed E-state index contributed by atoms with van der Waals surface area (Å²) in [5, 5.41) is 2.91. The average Bonchev–Trinajstić information content (AvgIpc) is 2.77. The molecule has 0 bridgehead atoms. The molecule has 6 nitrogen and oxygen atoms in total. The van der Waals surface area contributed by atoms with Crippen LogP contribution in [0.25, 0.3) is 0 Å². The highest BCUT2D eigenvalue weighted by Crippen LogP contribution is 2.18. The SMILES string of the molecule is CCO[Si](CCCNC(=O)c1ccc(C(=O)c2ccccc2)cc1)(OCC)OCC. The van der Waals surface area contributed by atoms with Crippen LogP contribution in [0.5, 0.6) is 0 Å². The Hall–Kier alpha value is -2.32. The van der Waals surface area contributed by atoms with Crippen LogP contribution >= 0.6 is 0 Å². The standard InChI is InChI=1S/C23H31NO5Si/c1-4-27-30(28-5-2,29-6-3)18-10-17-24-23(26)21-15-13-20(14-16-21)22(25)19-11-8-7-9-12-19/h7-9,11-16H,4-6,10,17-18H2,1-3H3,(H,24,26). The van der Waals surface area contributed by atoms with Crippen LogP contribution in [-0.4, -0.2) is 46.9 Å². The summed E-state index contributed by atoms with van der Waals surface area (Å²) in [7, 11) is -2.69. The number of carbonyl (C=O) groups excluding carboxylic acids is 2. The van der Waals surface area contributed by atoms with E-state index in [1.165, 1.54) is 0 Å². The fourth-order valence-corrected chi connectivity index (χ4v) is 5.75. The topological polar surface area (TPSA) is 73.9 Å². The summed E-state index contributed by atoms with van der Waals surface area (Å²) in [5.74, 6) is -0.239. The Labute approximate surface area is 179 Å². The highest BCUT2D eigenvalue weighted by Gasteiger charge is 2.39. The van der Waals surface area contributed by atoms with Crippen LogP contribution in [-0.2, 0) is 13.3 Å². The minimum Gasteiger partial charge on any atom is -0.374 e. The molecule has 0 aromatic heterocycles. The second-order valence-electron chi connectivity index (χ2n) is 6.61. The van der Waals surface area contributed by atoms with Crippen LogP contribution in [0.3, 0.4) is 0 Å². The molecule has 0 radical (unpaired) electrons. The van der Waals surface area contributed by atoms with Crippen molar-refractivity contribution in [3.05, 3.63) is 71.3 Å². The normalized spacial score (nSPS) is 11.3. The van der Waals surface area contributed by atoms with Crippen molar-refractivity contribution in [3.8, 4) is 0 Å². The zero-order valence-electron chi connectivity index (χ0n) is 18.0. The number of nitrogens with one attached hydrogen (secondary N) is 1. The molecular formula is C23H31NO5Si. The van der Waals surface area contributed by atoms with Gasteiger partial charge in [0.25, 0.3) is 5.91 Å². The van der Waals surface area contributed by atoms with Crippen LogP contribution in [0.4, 0.5) is 0 Å². The van der Waals surface area contributed by atoms with E-state index in [4.69, 9.17) is 13.3 Å². The predicted octanol–water partition coefficient (Wildman–Crippen LogP) is 4.09. The average molecular weight is 430 g/mol. The molecule has 2 rings (SSSR count). The summed E-state index contributed by atoms with van der Waals surface area (Å²) in [4.78, 5) is 24.9. The molecule has 1 N–H and O–H groups in total. The highest BCUT2D eigenvalue weighted by molar-refractivity contribution is 6.60. The third kappa shape index (κ3) is 6.88. The Kier molecular flexibility index (Phi) is 9.89. The molecule has 0 aliphatic carbocycles. The van der Waals surface area contributed by atoms with Crippen molar-refractivity contribution in [1.82, 2.24) is 5.32 Å². The molecular weight excluding hydrogens is 398 g/mol. The second kappa shape index (κ2) is 12.4. The van der Waals surface area contributed by atoms with Crippen molar-refractivity contribution >= 4 is 20.5 Å². The Balaban J connectivity index is 1.88. The van der Waals surface area contributed by atoms with Gasteiger partial charge in [-0.2, -0.15) is 0 Å². The maximum absolute atomic E-state index is 12.5. The minimum atomic E-state index is -2.69. The molecule has 0 heterocycles. The van der Waals surface area contributed by atoms with E-state index in [1.54, 1.807) is 36.4 Å². The highest BCUT2D eigenvalue weighted by atomic mass is 28.4. The first kappa shape index (κ1) is 24.0. The molecule has 162 valence electrons. The van der Waals surface area contributed by atoms with Crippen LogP contribution in [0.15, 0.2) is 54.6 Å². The summed E-state index contributed by atoms with van der Waals surface area (Å²) in [6.07, 6.45) is 0.697. The maximum atomic E-state index is 12.5. The van der Waals surface area contributed by atoms with Gasteiger partial charge in [-0.05, 0) is 39.3 Å².